The molecule has 8 heteroatoms. The molecule has 3 heterocycles. The highest BCUT2D eigenvalue weighted by Gasteiger charge is 2.12. The van der Waals surface area contributed by atoms with Crippen molar-refractivity contribution < 1.29 is 0 Å². The molecule has 0 amide bonds. The van der Waals surface area contributed by atoms with Crippen LogP contribution in [0.5, 0.6) is 0 Å². The first-order chi connectivity index (χ1) is 12.8. The monoisotopic (exact) mass is 356 g/mol. The van der Waals surface area contributed by atoms with Crippen LogP contribution in [0.15, 0.2) is 29.6 Å². The second-order valence-electron chi connectivity index (χ2n) is 6.42. The third kappa shape index (κ3) is 4.93. The number of nitrogens with zero attached hydrogens (tertiary/aromatic N) is 6. The van der Waals surface area contributed by atoms with Crippen LogP contribution in [0.1, 0.15) is 37.6 Å². The van der Waals surface area contributed by atoms with Crippen LogP contribution in [0.25, 0.3) is 0 Å². The molecule has 2 aromatic rings. The number of anilines is 1. The van der Waals surface area contributed by atoms with E-state index in [1.165, 1.54) is 19.3 Å². The quantitative estimate of drug-likeness (QED) is 0.602. The minimum absolute atomic E-state index is 0.581. The van der Waals surface area contributed by atoms with Crippen LogP contribution in [-0.4, -0.2) is 45.3 Å². The van der Waals surface area contributed by atoms with Gasteiger partial charge in [0.25, 0.3) is 0 Å². The fourth-order valence-corrected chi connectivity index (χ4v) is 3.01. The van der Waals surface area contributed by atoms with Gasteiger partial charge in [-0.3, -0.25) is 4.68 Å². The summed E-state index contributed by atoms with van der Waals surface area (Å²) in [6.45, 7) is 6.25. The van der Waals surface area contributed by atoms with E-state index in [1.807, 2.05) is 19.3 Å². The van der Waals surface area contributed by atoms with Crippen LogP contribution in [0, 0.1) is 0 Å². The van der Waals surface area contributed by atoms with Crippen LogP contribution < -0.4 is 15.5 Å². The second kappa shape index (κ2) is 9.17. The Morgan fingerprint density at radius 2 is 2.04 bits per heavy atom. The highest BCUT2D eigenvalue weighted by atomic mass is 15.3. The molecule has 0 aliphatic carbocycles. The maximum Gasteiger partial charge on any atom is 0.191 e. The molecule has 0 radical (unpaired) electrons. The normalized spacial score (nSPS) is 15.2. The van der Waals surface area contributed by atoms with Gasteiger partial charge in [0.05, 0.1) is 13.1 Å². The van der Waals surface area contributed by atoms with Gasteiger partial charge in [-0.15, -0.1) is 0 Å². The van der Waals surface area contributed by atoms with Crippen LogP contribution >= 0.6 is 0 Å². The predicted molar refractivity (Wildman–Crippen MR) is 103 cm³/mol. The summed E-state index contributed by atoms with van der Waals surface area (Å²) in [6, 6.07) is 4.18. The molecule has 140 valence electrons. The van der Waals surface area contributed by atoms with Crippen molar-refractivity contribution in [2.24, 2.45) is 12.0 Å². The number of aromatic nitrogens is 4. The Labute approximate surface area is 154 Å². The van der Waals surface area contributed by atoms with Crippen molar-refractivity contribution in [3.8, 4) is 0 Å². The molecular weight excluding hydrogens is 328 g/mol. The zero-order chi connectivity index (χ0) is 18.2. The van der Waals surface area contributed by atoms with Crippen LogP contribution in [0.2, 0.25) is 0 Å². The number of aryl methyl sites for hydroxylation is 1. The lowest BCUT2D eigenvalue weighted by Crippen LogP contribution is -2.37. The Morgan fingerprint density at radius 1 is 1.19 bits per heavy atom. The fraction of sp³-hybridized carbons (Fsp3) is 0.556. The Hall–Kier alpha value is -2.64. The summed E-state index contributed by atoms with van der Waals surface area (Å²) < 4.78 is 1.75. The van der Waals surface area contributed by atoms with Crippen molar-refractivity contribution in [2.45, 2.75) is 39.3 Å². The third-order valence-electron chi connectivity index (χ3n) is 4.47. The van der Waals surface area contributed by atoms with Crippen LogP contribution in [-0.2, 0) is 20.1 Å². The molecule has 1 aliphatic rings. The van der Waals surface area contributed by atoms with Gasteiger partial charge in [-0.05, 0) is 43.9 Å². The van der Waals surface area contributed by atoms with Gasteiger partial charge in [-0.1, -0.05) is 0 Å². The van der Waals surface area contributed by atoms with Gasteiger partial charge in [0.2, 0.25) is 0 Å². The molecule has 2 N–H and O–H groups in total. The van der Waals surface area contributed by atoms with Crippen LogP contribution in [0.3, 0.4) is 0 Å². The smallest absolute Gasteiger partial charge is 0.191 e. The number of pyridine rings is 1. The SMILES string of the molecule is CCNC(=NCc1ccnc(N2CCCCC2)c1)NCc1ncnn1C. The van der Waals surface area contributed by atoms with E-state index in [-0.39, 0.29) is 0 Å². The lowest BCUT2D eigenvalue weighted by atomic mass is 10.1. The standard InChI is InChI=1S/C18H28N8/c1-3-19-18(22-13-17-23-14-24-25(17)2)21-12-15-7-8-20-16(11-15)26-9-5-4-6-10-26/h7-8,11,14H,3-6,9-10,12-13H2,1-2H3,(H2,19,21,22). The van der Waals surface area contributed by atoms with Crippen molar-refractivity contribution in [2.75, 3.05) is 24.5 Å². The molecule has 0 atom stereocenters. The summed E-state index contributed by atoms with van der Waals surface area (Å²) in [5, 5.41) is 10.7. The van der Waals surface area contributed by atoms with Gasteiger partial charge in [0.1, 0.15) is 18.0 Å². The zero-order valence-electron chi connectivity index (χ0n) is 15.6. The van der Waals surface area contributed by atoms with Crippen molar-refractivity contribution in [1.82, 2.24) is 30.4 Å². The average molecular weight is 356 g/mol. The maximum atomic E-state index is 4.69. The average Bonchev–Trinajstić information content (AvgIpc) is 3.10. The Morgan fingerprint density at radius 3 is 2.77 bits per heavy atom. The van der Waals surface area contributed by atoms with Gasteiger partial charge in [0, 0.05) is 32.9 Å². The summed E-state index contributed by atoms with van der Waals surface area (Å²) in [5.41, 5.74) is 1.16. The molecule has 1 saturated heterocycles. The van der Waals surface area contributed by atoms with E-state index in [0.29, 0.717) is 13.1 Å². The molecule has 0 unspecified atom stereocenters. The predicted octanol–water partition coefficient (Wildman–Crippen LogP) is 1.46. The Bertz CT molecular complexity index is 717. The van der Waals surface area contributed by atoms with E-state index in [2.05, 4.69) is 48.6 Å². The first-order valence-electron chi connectivity index (χ1n) is 9.31. The van der Waals surface area contributed by atoms with Gasteiger partial charge < -0.3 is 15.5 Å². The lowest BCUT2D eigenvalue weighted by Gasteiger charge is -2.27. The lowest BCUT2D eigenvalue weighted by molar-refractivity contribution is 0.573. The molecule has 3 rings (SSSR count). The minimum Gasteiger partial charge on any atom is -0.357 e. The molecule has 8 nitrogen and oxygen atoms in total. The summed E-state index contributed by atoms with van der Waals surface area (Å²) in [6.07, 6.45) is 7.26. The second-order valence-corrected chi connectivity index (χ2v) is 6.42. The van der Waals surface area contributed by atoms with E-state index in [4.69, 9.17) is 0 Å². The summed E-state index contributed by atoms with van der Waals surface area (Å²) >= 11 is 0. The van der Waals surface area contributed by atoms with Crippen molar-refractivity contribution >= 4 is 11.8 Å². The van der Waals surface area contributed by atoms with E-state index >= 15 is 0 Å². The number of piperidine rings is 1. The number of aliphatic imine (C=N–C) groups is 1. The minimum atomic E-state index is 0.581. The number of rotatable bonds is 6. The largest absolute Gasteiger partial charge is 0.357 e. The molecule has 0 saturated carbocycles. The number of hydrogen-bond donors (Lipinski definition) is 2. The Kier molecular flexibility index (Phi) is 6.40. The molecule has 1 aliphatic heterocycles. The van der Waals surface area contributed by atoms with Gasteiger partial charge in [-0.2, -0.15) is 5.10 Å². The zero-order valence-corrected chi connectivity index (χ0v) is 15.6. The van der Waals surface area contributed by atoms with Crippen LogP contribution in [0.4, 0.5) is 5.82 Å². The van der Waals surface area contributed by atoms with Crippen molar-refractivity contribution in [1.29, 1.82) is 0 Å². The number of nitrogens with one attached hydrogen (secondary N) is 2. The topological polar surface area (TPSA) is 83.3 Å². The van der Waals surface area contributed by atoms with Gasteiger partial charge in [0.15, 0.2) is 5.96 Å². The first kappa shape index (κ1) is 18.2. The summed E-state index contributed by atoms with van der Waals surface area (Å²) in [5.74, 6) is 2.70. The molecule has 1 fully saturated rings. The fourth-order valence-electron chi connectivity index (χ4n) is 3.01. The summed E-state index contributed by atoms with van der Waals surface area (Å²) in [4.78, 5) is 15.8. The van der Waals surface area contributed by atoms with E-state index in [9.17, 15) is 0 Å². The highest BCUT2D eigenvalue weighted by Crippen LogP contribution is 2.18. The maximum absolute atomic E-state index is 4.69. The molecule has 26 heavy (non-hydrogen) atoms. The molecule has 2 aromatic heterocycles. The van der Waals surface area contributed by atoms with Gasteiger partial charge in [-0.25, -0.2) is 15.0 Å². The number of guanidine groups is 1. The van der Waals surface area contributed by atoms with Gasteiger partial charge >= 0.3 is 0 Å². The molecule has 0 bridgehead atoms. The van der Waals surface area contributed by atoms with E-state index < -0.39 is 0 Å². The van der Waals surface area contributed by atoms with Crippen molar-refractivity contribution in [3.05, 3.63) is 36.0 Å². The highest BCUT2D eigenvalue weighted by molar-refractivity contribution is 5.79. The molecule has 0 spiro atoms. The number of hydrogen-bond acceptors (Lipinski definition) is 5. The van der Waals surface area contributed by atoms with E-state index in [0.717, 1.165) is 42.8 Å². The molecule has 0 aromatic carbocycles. The third-order valence-corrected chi connectivity index (χ3v) is 4.47. The van der Waals surface area contributed by atoms with E-state index in [1.54, 1.807) is 11.0 Å². The Balaban J connectivity index is 1.62. The molecular formula is C18H28N8. The van der Waals surface area contributed by atoms with Crippen molar-refractivity contribution in [3.63, 3.8) is 0 Å². The summed E-state index contributed by atoms with van der Waals surface area (Å²) in [7, 11) is 1.88. The first-order valence-corrected chi connectivity index (χ1v) is 9.31.